The van der Waals surface area contributed by atoms with Crippen molar-refractivity contribution >= 4 is 12.6 Å². The molecule has 1 saturated carbocycles. The Morgan fingerprint density at radius 3 is 2.61 bits per heavy atom. The first-order chi connectivity index (χ1) is 15.9. The summed E-state index contributed by atoms with van der Waals surface area (Å²) in [5, 5.41) is 3.46. The van der Waals surface area contributed by atoms with E-state index in [1.807, 2.05) is 0 Å². The highest BCUT2D eigenvalue weighted by molar-refractivity contribution is 7.84. The van der Waals surface area contributed by atoms with Gasteiger partial charge in [-0.1, -0.05) is 70.6 Å². The molecule has 1 aliphatic carbocycles. The third-order valence-corrected chi connectivity index (χ3v) is 7.23. The highest BCUT2D eigenvalue weighted by Crippen LogP contribution is 2.48. The van der Waals surface area contributed by atoms with E-state index < -0.39 is 0 Å². The molecule has 0 spiro atoms. The molecule has 2 unspecified atom stereocenters. The second-order valence-electron chi connectivity index (χ2n) is 9.64. The number of thiol groups is 1. The second kappa shape index (κ2) is 17.0. The van der Waals surface area contributed by atoms with E-state index in [0.29, 0.717) is 5.92 Å². The molecule has 0 aromatic heterocycles. The first-order valence-corrected chi connectivity index (χ1v) is 13.7. The summed E-state index contributed by atoms with van der Waals surface area (Å²) in [6, 6.07) is 0. The van der Waals surface area contributed by atoms with Crippen molar-refractivity contribution in [2.24, 2.45) is 17.8 Å². The van der Waals surface area contributed by atoms with Gasteiger partial charge in [0.1, 0.15) is 0 Å². The number of hydrogen-bond donors (Lipinski definition) is 2. The zero-order chi connectivity index (χ0) is 24.6. The normalized spacial score (nSPS) is 20.4. The first kappa shape index (κ1) is 29.5. The van der Waals surface area contributed by atoms with Crippen molar-refractivity contribution in [1.82, 2.24) is 10.2 Å². The third kappa shape index (κ3) is 11.4. The summed E-state index contributed by atoms with van der Waals surface area (Å²) in [5.41, 5.74) is 3.78. The van der Waals surface area contributed by atoms with Crippen LogP contribution in [0.5, 0.6) is 0 Å². The van der Waals surface area contributed by atoms with E-state index in [2.05, 4.69) is 82.2 Å². The summed E-state index contributed by atoms with van der Waals surface area (Å²) >= 11 is 4.81. The summed E-state index contributed by atoms with van der Waals surface area (Å²) in [4.78, 5) is 3.30. The van der Waals surface area contributed by atoms with Gasteiger partial charge in [0.25, 0.3) is 0 Å². The van der Waals surface area contributed by atoms with Gasteiger partial charge in [-0.3, -0.25) is 0 Å². The maximum absolute atomic E-state index is 5.92. The maximum atomic E-state index is 5.92. The average molecular weight is 471 g/mol. The van der Waals surface area contributed by atoms with Gasteiger partial charge >= 0.3 is 0 Å². The minimum atomic E-state index is 0.623. The van der Waals surface area contributed by atoms with E-state index in [1.54, 1.807) is 0 Å². The average Bonchev–Trinajstić information content (AvgIpc) is 3.57. The molecule has 0 heterocycles. The molecule has 1 fully saturated rings. The molecule has 2 nitrogen and oxygen atoms in total. The highest BCUT2D eigenvalue weighted by atomic mass is 32.1. The van der Waals surface area contributed by atoms with Crippen molar-refractivity contribution in [2.75, 3.05) is 20.1 Å². The molecular weight excluding hydrogens is 420 g/mol. The molecule has 3 heteroatoms. The van der Waals surface area contributed by atoms with Crippen molar-refractivity contribution < 1.29 is 0 Å². The van der Waals surface area contributed by atoms with Crippen LogP contribution in [0.1, 0.15) is 92.4 Å². The smallest absolute Gasteiger partial charge is 0.0839 e. The van der Waals surface area contributed by atoms with Crippen LogP contribution in [0.2, 0.25) is 0 Å². The van der Waals surface area contributed by atoms with Gasteiger partial charge in [-0.15, -0.1) is 19.1 Å². The Kier molecular flexibility index (Phi) is 15.2. The van der Waals surface area contributed by atoms with Crippen LogP contribution >= 0.6 is 12.6 Å². The molecule has 0 aromatic carbocycles. The van der Waals surface area contributed by atoms with Gasteiger partial charge < -0.3 is 10.2 Å². The van der Waals surface area contributed by atoms with E-state index >= 15 is 0 Å². The van der Waals surface area contributed by atoms with E-state index in [-0.39, 0.29) is 0 Å². The summed E-state index contributed by atoms with van der Waals surface area (Å²) in [6.07, 6.45) is 25.7. The lowest BCUT2D eigenvalue weighted by atomic mass is 9.92. The fourth-order valence-electron chi connectivity index (χ4n) is 4.41. The van der Waals surface area contributed by atoms with Gasteiger partial charge in [0.15, 0.2) is 0 Å². The molecule has 1 N–H and O–H groups in total. The number of likely N-dealkylation sites (N-methyl/N-ethyl adjacent to an activating group) is 1. The summed E-state index contributed by atoms with van der Waals surface area (Å²) in [7, 11) is 2.10. The Morgan fingerprint density at radius 2 is 2.00 bits per heavy atom. The Balaban J connectivity index is 2.66. The predicted octanol–water partition coefficient (Wildman–Crippen LogP) is 8.12. The molecule has 3 atom stereocenters. The lowest BCUT2D eigenvalue weighted by Crippen LogP contribution is -2.19. The molecule has 0 aromatic rings. The molecule has 0 aliphatic heterocycles. The predicted molar refractivity (Wildman–Crippen MR) is 151 cm³/mol. The van der Waals surface area contributed by atoms with Gasteiger partial charge in [0.2, 0.25) is 0 Å². The molecule has 0 bridgehead atoms. The summed E-state index contributed by atoms with van der Waals surface area (Å²) < 4.78 is 0. The zero-order valence-corrected chi connectivity index (χ0v) is 23.2. The summed E-state index contributed by atoms with van der Waals surface area (Å²) in [6.45, 7) is 13.1. The van der Waals surface area contributed by atoms with E-state index in [9.17, 15) is 0 Å². The summed E-state index contributed by atoms with van der Waals surface area (Å²) in [5.74, 6) is 5.13. The number of terminal acetylenes is 1. The van der Waals surface area contributed by atoms with Gasteiger partial charge in [-0.2, -0.15) is 0 Å². The van der Waals surface area contributed by atoms with Crippen molar-refractivity contribution in [3.8, 4) is 12.3 Å². The highest BCUT2D eigenvalue weighted by Gasteiger charge is 2.40. The third-order valence-electron chi connectivity index (χ3n) is 6.80. The van der Waals surface area contributed by atoms with Gasteiger partial charge in [-0.05, 0) is 81.1 Å². The lowest BCUT2D eigenvalue weighted by Gasteiger charge is -2.21. The SMILES string of the molecule is C#CC(=CC1CC1[C@@H](CC)CC/C(C)=C\NCCCC)N(C)C/C(S)=C(/C=C\CCC)CC. The zero-order valence-electron chi connectivity index (χ0n) is 22.3. The molecule has 33 heavy (non-hydrogen) atoms. The fourth-order valence-corrected chi connectivity index (χ4v) is 4.86. The van der Waals surface area contributed by atoms with Crippen molar-refractivity contribution in [3.63, 3.8) is 0 Å². The van der Waals surface area contributed by atoms with E-state index in [4.69, 9.17) is 19.1 Å². The Morgan fingerprint density at radius 1 is 1.24 bits per heavy atom. The van der Waals surface area contributed by atoms with Crippen LogP contribution in [0.25, 0.3) is 0 Å². The van der Waals surface area contributed by atoms with Gasteiger partial charge in [-0.25, -0.2) is 0 Å². The fraction of sp³-hybridized carbons (Fsp3) is 0.667. The van der Waals surface area contributed by atoms with Crippen LogP contribution in [0, 0.1) is 30.1 Å². The quantitative estimate of drug-likeness (QED) is 0.0965. The lowest BCUT2D eigenvalue weighted by molar-refractivity contribution is 0.401. The molecule has 0 amide bonds. The number of rotatable bonds is 17. The molecule has 186 valence electrons. The molecule has 1 rings (SSSR count). The first-order valence-electron chi connectivity index (χ1n) is 13.3. The second-order valence-corrected chi connectivity index (χ2v) is 10.2. The van der Waals surface area contributed by atoms with Crippen LogP contribution in [0.4, 0.5) is 0 Å². The molecule has 1 aliphatic rings. The number of nitrogens with zero attached hydrogens (tertiary/aromatic N) is 1. The number of nitrogens with one attached hydrogen (secondary N) is 1. The number of hydrogen-bond acceptors (Lipinski definition) is 3. The molecule has 0 radical (unpaired) electrons. The standard InChI is InChI=1S/C30H50N2S/c1-8-13-15-16-26(11-4)30(33)23-32(7)28(12-5)20-27-21-29(27)25(10-3)18-17-24(6)22-31-19-14-9-2/h5,15-16,20,22,25,27,29,31,33H,8-11,13-14,17-19,21,23H2,1-4,6-7H3/b16-15-,24-22-,28-20?,30-26-/t25-,27?,29?/m0/s1. The van der Waals surface area contributed by atoms with Gasteiger partial charge in [0.05, 0.1) is 5.70 Å². The molecule has 0 saturated heterocycles. The Labute approximate surface area is 211 Å². The van der Waals surface area contributed by atoms with E-state index in [1.165, 1.54) is 56.1 Å². The Bertz CT molecular complexity index is 722. The van der Waals surface area contributed by atoms with E-state index in [0.717, 1.165) is 48.4 Å². The Hall–Kier alpha value is -1.53. The van der Waals surface area contributed by atoms with Crippen LogP contribution in [0.3, 0.4) is 0 Å². The number of unbranched alkanes of at least 4 members (excludes halogenated alkanes) is 2. The van der Waals surface area contributed by atoms with Crippen LogP contribution in [-0.2, 0) is 0 Å². The van der Waals surface area contributed by atoms with Crippen molar-refractivity contribution in [3.05, 3.63) is 46.2 Å². The van der Waals surface area contributed by atoms with Gasteiger partial charge in [0, 0.05) is 25.0 Å². The van der Waals surface area contributed by atoms with Crippen LogP contribution in [-0.4, -0.2) is 25.0 Å². The minimum Gasteiger partial charge on any atom is -0.391 e. The van der Waals surface area contributed by atoms with Crippen LogP contribution in [0.15, 0.2) is 46.2 Å². The topological polar surface area (TPSA) is 15.3 Å². The monoisotopic (exact) mass is 470 g/mol. The molecular formula is C30H50N2S. The minimum absolute atomic E-state index is 0.623. The largest absolute Gasteiger partial charge is 0.391 e. The van der Waals surface area contributed by atoms with Crippen molar-refractivity contribution in [1.29, 1.82) is 0 Å². The maximum Gasteiger partial charge on any atom is 0.0839 e. The number of allylic oxidation sites excluding steroid dienone is 6. The van der Waals surface area contributed by atoms with Crippen LogP contribution < -0.4 is 5.32 Å². The van der Waals surface area contributed by atoms with Crippen molar-refractivity contribution in [2.45, 2.75) is 92.4 Å².